The molecule has 0 aliphatic heterocycles. The van der Waals surface area contributed by atoms with Gasteiger partial charge < -0.3 is 4.74 Å². The van der Waals surface area contributed by atoms with Crippen LogP contribution in [0.25, 0.3) is 17.5 Å². The number of hydrogen-bond acceptors (Lipinski definition) is 5. The first-order valence-corrected chi connectivity index (χ1v) is 11.6. The van der Waals surface area contributed by atoms with Gasteiger partial charge in [0.15, 0.2) is 0 Å². The highest BCUT2D eigenvalue weighted by Crippen LogP contribution is 2.34. The lowest BCUT2D eigenvalue weighted by Gasteiger charge is -2.32. The molecule has 7 nitrogen and oxygen atoms in total. The van der Waals surface area contributed by atoms with Gasteiger partial charge >= 0.3 is 0 Å². The van der Waals surface area contributed by atoms with E-state index in [9.17, 15) is 0 Å². The summed E-state index contributed by atoms with van der Waals surface area (Å²) >= 11 is 12.6. The summed E-state index contributed by atoms with van der Waals surface area (Å²) in [4.78, 5) is 4.12. The molecule has 34 heavy (non-hydrogen) atoms. The van der Waals surface area contributed by atoms with E-state index in [1.54, 1.807) is 27.8 Å². The SMILES string of the molecule is Cc1ccccc1-n1cc(COC(/C(=C/c2ccc(Cl)cc2Cl)n2cncn2)C(C)(C)C)nn1. The maximum atomic E-state index is 6.46. The van der Waals surface area contributed by atoms with Crippen molar-refractivity contribution in [1.29, 1.82) is 0 Å². The lowest BCUT2D eigenvalue weighted by Crippen LogP contribution is -2.33. The Morgan fingerprint density at radius 1 is 1.15 bits per heavy atom. The summed E-state index contributed by atoms with van der Waals surface area (Å²) in [6.07, 6.45) is 6.62. The minimum Gasteiger partial charge on any atom is -0.365 e. The number of aryl methyl sites for hydroxylation is 1. The first-order valence-electron chi connectivity index (χ1n) is 10.8. The van der Waals surface area contributed by atoms with E-state index in [2.05, 4.69) is 41.2 Å². The van der Waals surface area contributed by atoms with E-state index in [1.165, 1.54) is 6.33 Å². The molecule has 0 aliphatic rings. The van der Waals surface area contributed by atoms with Gasteiger partial charge in [-0.3, -0.25) is 0 Å². The van der Waals surface area contributed by atoms with Crippen molar-refractivity contribution >= 4 is 35.0 Å². The summed E-state index contributed by atoms with van der Waals surface area (Å²) in [5.41, 5.74) is 4.14. The molecular weight excluding hydrogens is 471 g/mol. The fourth-order valence-corrected chi connectivity index (χ4v) is 4.09. The Hall–Kier alpha value is -3.00. The molecule has 4 aromatic rings. The van der Waals surface area contributed by atoms with Gasteiger partial charge in [0.2, 0.25) is 0 Å². The molecule has 0 aliphatic carbocycles. The van der Waals surface area contributed by atoms with Crippen LogP contribution in [-0.2, 0) is 11.3 Å². The summed E-state index contributed by atoms with van der Waals surface area (Å²) < 4.78 is 9.92. The molecule has 1 unspecified atom stereocenters. The Labute approximate surface area is 209 Å². The largest absolute Gasteiger partial charge is 0.365 e. The van der Waals surface area contributed by atoms with E-state index in [-0.39, 0.29) is 18.1 Å². The smallest absolute Gasteiger partial charge is 0.138 e. The summed E-state index contributed by atoms with van der Waals surface area (Å²) in [6.45, 7) is 8.64. The third kappa shape index (κ3) is 5.55. The lowest BCUT2D eigenvalue weighted by molar-refractivity contribution is 0.00609. The highest BCUT2D eigenvalue weighted by molar-refractivity contribution is 6.35. The van der Waals surface area contributed by atoms with Crippen LogP contribution in [0.3, 0.4) is 0 Å². The zero-order valence-corrected chi connectivity index (χ0v) is 21.0. The van der Waals surface area contributed by atoms with Crippen LogP contribution in [0.2, 0.25) is 10.0 Å². The van der Waals surface area contributed by atoms with Gasteiger partial charge in [0.25, 0.3) is 0 Å². The first-order chi connectivity index (χ1) is 16.2. The average Bonchev–Trinajstić information content (AvgIpc) is 3.46. The molecular formula is C25H26Cl2N6O. The maximum absolute atomic E-state index is 6.46. The third-order valence-corrected chi connectivity index (χ3v) is 5.87. The molecule has 2 heterocycles. The van der Waals surface area contributed by atoms with Gasteiger partial charge in [-0.1, -0.05) is 73.5 Å². The molecule has 0 amide bonds. The van der Waals surface area contributed by atoms with Crippen LogP contribution in [0.4, 0.5) is 0 Å². The number of benzene rings is 2. The van der Waals surface area contributed by atoms with Crippen LogP contribution >= 0.6 is 23.2 Å². The van der Waals surface area contributed by atoms with E-state index in [0.29, 0.717) is 10.0 Å². The maximum Gasteiger partial charge on any atom is 0.138 e. The Morgan fingerprint density at radius 2 is 1.94 bits per heavy atom. The van der Waals surface area contributed by atoms with Crippen LogP contribution in [0.1, 0.15) is 37.6 Å². The second kappa shape index (κ2) is 10.1. The number of rotatable bonds is 7. The minimum absolute atomic E-state index is 0.272. The van der Waals surface area contributed by atoms with E-state index in [4.69, 9.17) is 27.9 Å². The van der Waals surface area contributed by atoms with Crippen LogP contribution in [0.15, 0.2) is 61.3 Å². The van der Waals surface area contributed by atoms with E-state index in [1.807, 2.05) is 49.5 Å². The van der Waals surface area contributed by atoms with Crippen molar-refractivity contribution < 1.29 is 4.74 Å². The number of aromatic nitrogens is 6. The third-order valence-electron chi connectivity index (χ3n) is 5.31. The molecule has 0 saturated heterocycles. The molecule has 0 bridgehead atoms. The minimum atomic E-state index is -0.357. The van der Waals surface area contributed by atoms with Crippen molar-refractivity contribution in [3.05, 3.63) is 88.2 Å². The van der Waals surface area contributed by atoms with Gasteiger partial charge in [0.05, 0.1) is 24.2 Å². The van der Waals surface area contributed by atoms with E-state index < -0.39 is 0 Å². The van der Waals surface area contributed by atoms with Gasteiger partial charge in [-0.25, -0.2) is 14.3 Å². The average molecular weight is 497 g/mol. The molecule has 1 atom stereocenters. The molecule has 0 saturated carbocycles. The Bertz CT molecular complexity index is 1290. The zero-order valence-electron chi connectivity index (χ0n) is 19.5. The van der Waals surface area contributed by atoms with Crippen LogP contribution in [-0.4, -0.2) is 35.9 Å². The zero-order chi connectivity index (χ0) is 24.3. The fourth-order valence-electron chi connectivity index (χ4n) is 3.63. The van der Waals surface area contributed by atoms with E-state index in [0.717, 1.165) is 28.2 Å². The van der Waals surface area contributed by atoms with Gasteiger partial charge in [-0.15, -0.1) is 5.10 Å². The summed E-state index contributed by atoms with van der Waals surface area (Å²) in [7, 11) is 0. The number of nitrogens with zero attached hydrogens (tertiary/aromatic N) is 6. The van der Waals surface area contributed by atoms with Crippen molar-refractivity contribution in [3.8, 4) is 5.69 Å². The van der Waals surface area contributed by atoms with Crippen molar-refractivity contribution in [2.75, 3.05) is 0 Å². The number of hydrogen-bond donors (Lipinski definition) is 0. The van der Waals surface area contributed by atoms with Crippen molar-refractivity contribution in [2.45, 2.75) is 40.4 Å². The van der Waals surface area contributed by atoms with Gasteiger partial charge in [0, 0.05) is 10.0 Å². The molecule has 2 aromatic heterocycles. The monoisotopic (exact) mass is 496 g/mol. The number of halogens is 2. The summed E-state index contributed by atoms with van der Waals surface area (Å²) in [5.74, 6) is 0. The summed E-state index contributed by atoms with van der Waals surface area (Å²) in [5, 5.41) is 14.1. The molecule has 2 aromatic carbocycles. The van der Waals surface area contributed by atoms with Crippen molar-refractivity contribution in [2.24, 2.45) is 5.41 Å². The molecule has 176 valence electrons. The molecule has 0 spiro atoms. The van der Waals surface area contributed by atoms with Crippen molar-refractivity contribution in [3.63, 3.8) is 0 Å². The lowest BCUT2D eigenvalue weighted by atomic mass is 9.86. The molecule has 9 heteroatoms. The Balaban J connectivity index is 1.65. The van der Waals surface area contributed by atoms with Crippen LogP contribution < -0.4 is 0 Å². The van der Waals surface area contributed by atoms with Gasteiger partial charge in [-0.05, 0) is 47.7 Å². The van der Waals surface area contributed by atoms with Crippen molar-refractivity contribution in [1.82, 2.24) is 29.8 Å². The number of para-hydroxylation sites is 1. The summed E-state index contributed by atoms with van der Waals surface area (Å²) in [6, 6.07) is 13.4. The topological polar surface area (TPSA) is 70.7 Å². The molecule has 0 N–H and O–H groups in total. The highest BCUT2D eigenvalue weighted by Gasteiger charge is 2.31. The predicted octanol–water partition coefficient (Wildman–Crippen LogP) is 6.10. The van der Waals surface area contributed by atoms with Crippen LogP contribution in [0, 0.1) is 12.3 Å². The predicted molar refractivity (Wildman–Crippen MR) is 135 cm³/mol. The van der Waals surface area contributed by atoms with Crippen LogP contribution in [0.5, 0.6) is 0 Å². The Kier molecular flexibility index (Phi) is 7.16. The van der Waals surface area contributed by atoms with E-state index >= 15 is 0 Å². The quantitative estimate of drug-likeness (QED) is 0.308. The number of ether oxygens (including phenoxy) is 1. The second-order valence-corrected chi connectivity index (χ2v) is 9.92. The Morgan fingerprint density at radius 3 is 2.62 bits per heavy atom. The molecule has 0 radical (unpaired) electrons. The highest BCUT2D eigenvalue weighted by atomic mass is 35.5. The molecule has 4 rings (SSSR count). The normalized spacial score (nSPS) is 13.3. The van der Waals surface area contributed by atoms with Gasteiger partial charge in [0.1, 0.15) is 24.5 Å². The van der Waals surface area contributed by atoms with Gasteiger partial charge in [-0.2, -0.15) is 5.10 Å². The second-order valence-electron chi connectivity index (χ2n) is 9.07. The molecule has 0 fully saturated rings. The fraction of sp³-hybridized carbons (Fsp3) is 0.280. The first kappa shape index (κ1) is 24.1. The standard InChI is InChI=1S/C25H26Cl2N6O/c1-17-7-5-6-8-22(17)32-13-20(30-31-32)14-34-24(25(2,3)4)23(33-16-28-15-29-33)11-18-9-10-19(26)12-21(18)27/h5-13,15-16,24H,14H2,1-4H3/b23-11-.